The van der Waals surface area contributed by atoms with Gasteiger partial charge in [-0.1, -0.05) is 0 Å². The summed E-state index contributed by atoms with van der Waals surface area (Å²) in [5.41, 5.74) is 5.10. The number of carbonyl (C=O) groups is 2. The van der Waals surface area contributed by atoms with Crippen molar-refractivity contribution < 1.29 is 31.5 Å². The summed E-state index contributed by atoms with van der Waals surface area (Å²) in [6.45, 7) is 0.152. The third kappa shape index (κ3) is 6.07. The Kier molecular flexibility index (Phi) is 6.87. The van der Waals surface area contributed by atoms with Crippen molar-refractivity contribution in [2.45, 2.75) is 12.7 Å². The van der Waals surface area contributed by atoms with E-state index in [0.29, 0.717) is 28.7 Å². The average molecular weight is 518 g/mol. The minimum atomic E-state index is -4.73. The Morgan fingerprint density at radius 1 is 0.973 bits per heavy atom. The second-order valence-corrected chi connectivity index (χ2v) is 7.88. The number of amides is 3. The number of rotatable bonds is 7. The molecule has 0 atom stereocenters. The molecule has 6 N–H and O–H groups in total. The minimum Gasteiger partial charge on any atom is -0.380 e. The van der Waals surface area contributed by atoms with E-state index >= 15 is 0 Å². The smallest absolute Gasteiger partial charge is 0.380 e. The fourth-order valence-electron chi connectivity index (χ4n) is 3.52. The topological polar surface area (TPSA) is 117 Å². The summed E-state index contributed by atoms with van der Waals surface area (Å²) < 4.78 is 67.8. The molecule has 2 aromatic carbocycles. The summed E-state index contributed by atoms with van der Waals surface area (Å²) in [4.78, 5) is 26.7. The van der Waals surface area contributed by atoms with E-state index in [-0.39, 0.29) is 18.3 Å². The molecule has 2 heterocycles. The standard InChI is InChI=1S/C24H19F5N6O2/c25-15-7-13(11-32-16-4-6-35(12-16)22-18(21(30)36)3-5-31-22)8-17(10-15)33-23(37)34-20-2-1-14(9-19(20)26)24(27,28)29/h1-10,12,31-32H,11H2,(H2,30,36)(H2,33,34,37). The number of urea groups is 1. The molecule has 0 unspecified atom stereocenters. The monoisotopic (exact) mass is 518 g/mol. The fraction of sp³-hybridized carbons (Fsp3) is 0.0833. The van der Waals surface area contributed by atoms with Gasteiger partial charge >= 0.3 is 12.2 Å². The normalized spacial score (nSPS) is 11.3. The van der Waals surface area contributed by atoms with Crippen LogP contribution in [0.2, 0.25) is 0 Å². The number of hydrogen-bond donors (Lipinski definition) is 5. The lowest BCUT2D eigenvalue weighted by molar-refractivity contribution is -0.137. The van der Waals surface area contributed by atoms with Crippen LogP contribution in [0.3, 0.4) is 0 Å². The molecule has 37 heavy (non-hydrogen) atoms. The van der Waals surface area contributed by atoms with Crippen molar-refractivity contribution in [1.82, 2.24) is 9.55 Å². The van der Waals surface area contributed by atoms with Gasteiger partial charge in [-0.3, -0.25) is 4.79 Å². The Labute approximate surface area is 206 Å². The van der Waals surface area contributed by atoms with Crippen LogP contribution in [0, 0.1) is 11.6 Å². The summed E-state index contributed by atoms with van der Waals surface area (Å²) in [5, 5.41) is 7.49. The van der Waals surface area contributed by atoms with Gasteiger partial charge in [0.25, 0.3) is 5.91 Å². The molecule has 0 aliphatic carbocycles. The van der Waals surface area contributed by atoms with Crippen molar-refractivity contribution in [3.63, 3.8) is 0 Å². The molecule has 0 bridgehead atoms. The second-order valence-electron chi connectivity index (χ2n) is 7.88. The first kappa shape index (κ1) is 25.3. The zero-order chi connectivity index (χ0) is 26.7. The van der Waals surface area contributed by atoms with Crippen LogP contribution in [0.1, 0.15) is 21.5 Å². The molecule has 0 aliphatic rings. The SMILES string of the molecule is NC(=O)c1cc[nH]c1-n1ccc(NCc2cc(F)cc(NC(=O)Nc3ccc(C(F)(F)F)cc3F)c2)c1. The van der Waals surface area contributed by atoms with Crippen LogP contribution in [0.25, 0.3) is 5.82 Å². The summed E-state index contributed by atoms with van der Waals surface area (Å²) in [6, 6.07) is 7.69. The van der Waals surface area contributed by atoms with Gasteiger partial charge in [-0.05, 0) is 54.1 Å². The quantitative estimate of drug-likeness (QED) is 0.209. The van der Waals surface area contributed by atoms with Crippen molar-refractivity contribution in [3.05, 3.63) is 95.4 Å². The minimum absolute atomic E-state index is 0.0386. The predicted molar refractivity (Wildman–Crippen MR) is 126 cm³/mol. The number of primary amides is 1. The number of H-pyrrole nitrogens is 1. The molecular weight excluding hydrogens is 499 g/mol. The number of nitrogens with two attached hydrogens (primary N) is 1. The van der Waals surface area contributed by atoms with Gasteiger partial charge in [-0.2, -0.15) is 13.2 Å². The first-order valence-corrected chi connectivity index (χ1v) is 10.6. The third-order valence-corrected chi connectivity index (χ3v) is 5.20. The average Bonchev–Trinajstić information content (AvgIpc) is 3.47. The number of aromatic amines is 1. The van der Waals surface area contributed by atoms with Crippen molar-refractivity contribution in [3.8, 4) is 5.82 Å². The van der Waals surface area contributed by atoms with Gasteiger partial charge in [-0.15, -0.1) is 0 Å². The number of aromatic nitrogens is 2. The van der Waals surface area contributed by atoms with Crippen LogP contribution in [0.5, 0.6) is 0 Å². The molecule has 192 valence electrons. The molecule has 8 nitrogen and oxygen atoms in total. The Hall–Kier alpha value is -4.81. The van der Waals surface area contributed by atoms with Gasteiger partial charge < -0.3 is 31.2 Å². The van der Waals surface area contributed by atoms with E-state index in [1.807, 2.05) is 0 Å². The van der Waals surface area contributed by atoms with Crippen LogP contribution < -0.4 is 21.7 Å². The number of nitrogens with one attached hydrogen (secondary N) is 4. The maximum Gasteiger partial charge on any atom is 0.416 e. The molecule has 0 spiro atoms. The van der Waals surface area contributed by atoms with Gasteiger partial charge in [0.1, 0.15) is 17.5 Å². The summed E-state index contributed by atoms with van der Waals surface area (Å²) in [7, 11) is 0. The number of anilines is 3. The van der Waals surface area contributed by atoms with Crippen LogP contribution >= 0.6 is 0 Å². The van der Waals surface area contributed by atoms with Gasteiger partial charge in [0.2, 0.25) is 0 Å². The molecule has 4 aromatic rings. The molecule has 0 saturated carbocycles. The zero-order valence-corrected chi connectivity index (χ0v) is 18.8. The molecule has 4 rings (SSSR count). The predicted octanol–water partition coefficient (Wildman–Crippen LogP) is 5.46. The highest BCUT2D eigenvalue weighted by molar-refractivity contribution is 6.00. The Morgan fingerprint density at radius 3 is 2.46 bits per heavy atom. The Bertz CT molecular complexity index is 1460. The van der Waals surface area contributed by atoms with Gasteiger partial charge in [-0.25, -0.2) is 13.6 Å². The highest BCUT2D eigenvalue weighted by atomic mass is 19.4. The van der Waals surface area contributed by atoms with E-state index in [2.05, 4.69) is 20.9 Å². The zero-order valence-electron chi connectivity index (χ0n) is 18.8. The highest BCUT2D eigenvalue weighted by Gasteiger charge is 2.31. The van der Waals surface area contributed by atoms with Gasteiger partial charge in [0.15, 0.2) is 0 Å². The largest absolute Gasteiger partial charge is 0.416 e. The fourth-order valence-corrected chi connectivity index (χ4v) is 3.52. The lowest BCUT2D eigenvalue weighted by Gasteiger charge is -2.12. The molecule has 0 fully saturated rings. The van der Waals surface area contributed by atoms with E-state index in [0.717, 1.165) is 12.1 Å². The Balaban J connectivity index is 1.40. The van der Waals surface area contributed by atoms with Crippen LogP contribution in [0.4, 0.5) is 43.8 Å². The summed E-state index contributed by atoms with van der Waals surface area (Å²) >= 11 is 0. The van der Waals surface area contributed by atoms with Gasteiger partial charge in [0, 0.05) is 30.8 Å². The van der Waals surface area contributed by atoms with E-state index in [1.54, 1.807) is 35.3 Å². The molecule has 3 amide bonds. The molecule has 0 radical (unpaired) electrons. The number of nitrogens with zero attached hydrogens (tertiary/aromatic N) is 1. The second kappa shape index (κ2) is 10.0. The van der Waals surface area contributed by atoms with Crippen molar-refractivity contribution in [2.24, 2.45) is 5.73 Å². The van der Waals surface area contributed by atoms with E-state index in [4.69, 9.17) is 5.73 Å². The molecular formula is C24H19F5N6O2. The number of halogens is 5. The van der Waals surface area contributed by atoms with E-state index in [1.165, 1.54) is 12.1 Å². The van der Waals surface area contributed by atoms with Crippen molar-refractivity contribution >= 4 is 29.0 Å². The number of hydrogen-bond acceptors (Lipinski definition) is 3. The van der Waals surface area contributed by atoms with Crippen molar-refractivity contribution in [2.75, 3.05) is 16.0 Å². The third-order valence-electron chi connectivity index (χ3n) is 5.20. The maximum absolute atomic E-state index is 14.1. The first-order valence-electron chi connectivity index (χ1n) is 10.6. The molecule has 0 saturated heterocycles. The van der Waals surface area contributed by atoms with Crippen LogP contribution in [-0.4, -0.2) is 21.5 Å². The van der Waals surface area contributed by atoms with Crippen LogP contribution in [0.15, 0.2) is 67.1 Å². The molecule has 13 heteroatoms. The van der Waals surface area contributed by atoms with E-state index < -0.39 is 41.0 Å². The maximum atomic E-state index is 14.1. The van der Waals surface area contributed by atoms with Gasteiger partial charge in [0.05, 0.1) is 22.5 Å². The molecule has 0 aliphatic heterocycles. The van der Waals surface area contributed by atoms with E-state index in [9.17, 15) is 31.5 Å². The molecule has 2 aromatic heterocycles. The number of carbonyl (C=O) groups excluding carboxylic acids is 2. The Morgan fingerprint density at radius 2 is 1.76 bits per heavy atom. The highest BCUT2D eigenvalue weighted by Crippen LogP contribution is 2.31. The lowest BCUT2D eigenvalue weighted by Crippen LogP contribution is -2.20. The number of benzene rings is 2. The summed E-state index contributed by atoms with van der Waals surface area (Å²) in [5.74, 6) is -2.05. The first-order chi connectivity index (χ1) is 17.5. The lowest BCUT2D eigenvalue weighted by atomic mass is 10.2. The van der Waals surface area contributed by atoms with Crippen molar-refractivity contribution in [1.29, 1.82) is 0 Å². The number of alkyl halides is 3. The summed E-state index contributed by atoms with van der Waals surface area (Å²) in [6.07, 6.45) is 0.211. The van der Waals surface area contributed by atoms with Crippen LogP contribution in [-0.2, 0) is 12.7 Å².